The Morgan fingerprint density at radius 1 is 0.810 bits per heavy atom. The molecular formula is C12H8BCl2F4N2-. The summed E-state index contributed by atoms with van der Waals surface area (Å²) in [5, 5.41) is 9.23. The second kappa shape index (κ2) is 8.00. The van der Waals surface area contributed by atoms with Crippen LogP contribution in [0.2, 0.25) is 10.0 Å². The fourth-order valence-corrected chi connectivity index (χ4v) is 1.49. The molecule has 0 saturated carbocycles. The fraction of sp³-hybridized carbons (Fsp3) is 0. The van der Waals surface area contributed by atoms with E-state index in [1.165, 1.54) is 0 Å². The van der Waals surface area contributed by atoms with Crippen molar-refractivity contribution in [2.45, 2.75) is 0 Å². The molecule has 2 aromatic carbocycles. The van der Waals surface area contributed by atoms with Gasteiger partial charge in [-0.3, -0.25) is 0 Å². The Labute approximate surface area is 128 Å². The lowest BCUT2D eigenvalue weighted by atomic mass is 10.3. The number of azo groups is 1. The largest absolute Gasteiger partial charge is 0.673 e. The smallest absolute Gasteiger partial charge is 0.418 e. The first kappa shape index (κ1) is 17.5. The SMILES string of the molecule is Clc1ccc(Cl)c(/N=N/c2ccccc2)c1.F[B-](F)(F)F. The Bertz CT molecular complexity index is 600. The van der Waals surface area contributed by atoms with Gasteiger partial charge in [0.15, 0.2) is 0 Å². The number of benzene rings is 2. The predicted octanol–water partition coefficient (Wildman–Crippen LogP) is 6.71. The third kappa shape index (κ3) is 8.32. The molecule has 2 aromatic rings. The standard InChI is InChI=1S/C12H8Cl2N2.BF4/c13-9-6-7-11(14)12(8-9)16-15-10-4-2-1-3-5-10;2-1(3,4)5/h1-8H;/q;-1/b16-15+;. The van der Waals surface area contributed by atoms with Crippen LogP contribution in [0.1, 0.15) is 0 Å². The summed E-state index contributed by atoms with van der Waals surface area (Å²) in [6.45, 7) is 0. The first-order valence-corrected chi connectivity index (χ1v) is 6.30. The molecule has 9 heteroatoms. The third-order valence-electron chi connectivity index (χ3n) is 1.94. The maximum absolute atomic E-state index is 9.75. The second-order valence-electron chi connectivity index (χ2n) is 3.63. The molecular weight excluding hydrogens is 330 g/mol. The fourth-order valence-electron chi connectivity index (χ4n) is 1.17. The first-order valence-electron chi connectivity index (χ1n) is 5.55. The molecule has 0 aromatic heterocycles. The van der Waals surface area contributed by atoms with E-state index in [9.17, 15) is 17.3 Å². The molecule has 0 bridgehead atoms. The number of hydrogen-bond donors (Lipinski definition) is 0. The summed E-state index contributed by atoms with van der Waals surface area (Å²) in [5.41, 5.74) is 1.34. The van der Waals surface area contributed by atoms with Crippen LogP contribution in [0.15, 0.2) is 58.8 Å². The first-order chi connectivity index (χ1) is 9.75. The topological polar surface area (TPSA) is 24.7 Å². The molecule has 0 amide bonds. The van der Waals surface area contributed by atoms with Crippen LogP contribution in [0.25, 0.3) is 0 Å². The minimum absolute atomic E-state index is 0.532. The van der Waals surface area contributed by atoms with Gasteiger partial charge in [0.05, 0.1) is 10.7 Å². The summed E-state index contributed by atoms with van der Waals surface area (Å²) in [6, 6.07) is 14.5. The van der Waals surface area contributed by atoms with Gasteiger partial charge in [-0.2, -0.15) is 5.11 Å². The summed E-state index contributed by atoms with van der Waals surface area (Å²) in [7, 11) is -6.00. The molecule has 0 aliphatic rings. The van der Waals surface area contributed by atoms with Gasteiger partial charge < -0.3 is 17.3 Å². The zero-order chi connectivity index (χ0) is 15.9. The van der Waals surface area contributed by atoms with Gasteiger partial charge in [-0.25, -0.2) is 0 Å². The Morgan fingerprint density at radius 3 is 1.95 bits per heavy atom. The molecule has 0 unspecified atom stereocenters. The number of nitrogens with zero attached hydrogens (tertiary/aromatic N) is 2. The van der Waals surface area contributed by atoms with Crippen LogP contribution in [-0.4, -0.2) is 7.25 Å². The quantitative estimate of drug-likeness (QED) is 0.330. The monoisotopic (exact) mass is 337 g/mol. The highest BCUT2D eigenvalue weighted by Gasteiger charge is 2.20. The summed E-state index contributed by atoms with van der Waals surface area (Å²) in [5.74, 6) is 0. The Kier molecular flexibility index (Phi) is 6.65. The van der Waals surface area contributed by atoms with Crippen molar-refractivity contribution in [2.75, 3.05) is 0 Å². The maximum Gasteiger partial charge on any atom is 0.673 e. The molecule has 2 nitrogen and oxygen atoms in total. The van der Waals surface area contributed by atoms with Crippen LogP contribution in [0, 0.1) is 0 Å². The van der Waals surface area contributed by atoms with Crippen LogP contribution in [0.3, 0.4) is 0 Å². The summed E-state index contributed by atoms with van der Waals surface area (Å²) < 4.78 is 39.0. The zero-order valence-corrected chi connectivity index (χ0v) is 11.9. The minimum Gasteiger partial charge on any atom is -0.418 e. The lowest BCUT2D eigenvalue weighted by molar-refractivity contribution is 0.368. The van der Waals surface area contributed by atoms with E-state index < -0.39 is 7.25 Å². The Balaban J connectivity index is 0.000000383. The van der Waals surface area contributed by atoms with E-state index in [4.69, 9.17) is 23.2 Å². The zero-order valence-electron chi connectivity index (χ0n) is 10.4. The van der Waals surface area contributed by atoms with E-state index in [0.29, 0.717) is 15.7 Å². The van der Waals surface area contributed by atoms with Crippen molar-refractivity contribution in [3.05, 3.63) is 58.6 Å². The van der Waals surface area contributed by atoms with Gasteiger partial charge in [-0.1, -0.05) is 41.4 Å². The van der Waals surface area contributed by atoms with E-state index in [2.05, 4.69) is 10.2 Å². The van der Waals surface area contributed by atoms with Crippen molar-refractivity contribution >= 4 is 41.8 Å². The second-order valence-corrected chi connectivity index (χ2v) is 4.47. The average Bonchev–Trinajstić information content (AvgIpc) is 2.39. The van der Waals surface area contributed by atoms with Gasteiger partial charge in [0.2, 0.25) is 0 Å². The van der Waals surface area contributed by atoms with Crippen LogP contribution in [0.5, 0.6) is 0 Å². The summed E-state index contributed by atoms with van der Waals surface area (Å²) in [6.07, 6.45) is 0. The molecule has 0 heterocycles. The highest BCUT2D eigenvalue weighted by molar-refractivity contribution is 6.50. The van der Waals surface area contributed by atoms with Gasteiger partial charge in [0.1, 0.15) is 5.69 Å². The Hall–Kier alpha value is -1.60. The van der Waals surface area contributed by atoms with Gasteiger partial charge in [0, 0.05) is 5.02 Å². The highest BCUT2D eigenvalue weighted by Crippen LogP contribution is 2.29. The normalized spacial score (nSPS) is 11.1. The molecule has 0 N–H and O–H groups in total. The van der Waals surface area contributed by atoms with Crippen molar-refractivity contribution in [3.8, 4) is 0 Å². The Morgan fingerprint density at radius 2 is 1.38 bits per heavy atom. The molecule has 0 saturated heterocycles. The summed E-state index contributed by atoms with van der Waals surface area (Å²) >= 11 is 11.8. The molecule has 21 heavy (non-hydrogen) atoms. The lowest BCUT2D eigenvalue weighted by Crippen LogP contribution is -2.02. The van der Waals surface area contributed by atoms with Crippen molar-refractivity contribution in [3.63, 3.8) is 0 Å². The van der Waals surface area contributed by atoms with E-state index in [-0.39, 0.29) is 0 Å². The van der Waals surface area contributed by atoms with E-state index in [1.54, 1.807) is 18.2 Å². The van der Waals surface area contributed by atoms with Crippen LogP contribution >= 0.6 is 23.2 Å². The van der Waals surface area contributed by atoms with Crippen molar-refractivity contribution in [1.29, 1.82) is 0 Å². The predicted molar refractivity (Wildman–Crippen MR) is 77.3 cm³/mol. The number of halogens is 6. The van der Waals surface area contributed by atoms with E-state index in [1.807, 2.05) is 30.3 Å². The average molecular weight is 338 g/mol. The molecule has 0 aliphatic heterocycles. The van der Waals surface area contributed by atoms with E-state index >= 15 is 0 Å². The summed E-state index contributed by atoms with van der Waals surface area (Å²) in [4.78, 5) is 0. The minimum atomic E-state index is -6.00. The van der Waals surface area contributed by atoms with Crippen LogP contribution in [0.4, 0.5) is 28.6 Å². The third-order valence-corrected chi connectivity index (χ3v) is 2.49. The molecule has 0 radical (unpaired) electrons. The van der Waals surface area contributed by atoms with Gasteiger partial charge in [0.25, 0.3) is 0 Å². The van der Waals surface area contributed by atoms with Crippen molar-refractivity contribution < 1.29 is 17.3 Å². The van der Waals surface area contributed by atoms with Gasteiger partial charge in [-0.05, 0) is 30.3 Å². The molecule has 0 atom stereocenters. The van der Waals surface area contributed by atoms with Crippen LogP contribution < -0.4 is 0 Å². The van der Waals surface area contributed by atoms with Gasteiger partial charge in [-0.15, -0.1) is 5.11 Å². The van der Waals surface area contributed by atoms with Crippen molar-refractivity contribution in [1.82, 2.24) is 0 Å². The molecule has 0 spiro atoms. The maximum atomic E-state index is 9.75. The van der Waals surface area contributed by atoms with Gasteiger partial charge >= 0.3 is 7.25 Å². The molecule has 112 valence electrons. The number of rotatable bonds is 2. The van der Waals surface area contributed by atoms with E-state index in [0.717, 1.165) is 5.69 Å². The molecule has 2 rings (SSSR count). The lowest BCUT2D eigenvalue weighted by Gasteiger charge is -1.97. The van der Waals surface area contributed by atoms with Crippen molar-refractivity contribution in [2.24, 2.45) is 10.2 Å². The number of hydrogen-bond acceptors (Lipinski definition) is 2. The highest BCUT2D eigenvalue weighted by atomic mass is 35.5. The molecule has 0 fully saturated rings. The molecule has 0 aliphatic carbocycles. The van der Waals surface area contributed by atoms with Crippen LogP contribution in [-0.2, 0) is 0 Å².